The third kappa shape index (κ3) is 7.88. The average Bonchev–Trinajstić information content (AvgIpc) is 2.47. The number of nitrogens with one attached hydrogen (secondary N) is 1. The van der Waals surface area contributed by atoms with Crippen LogP contribution in [0.2, 0.25) is 0 Å². The maximum absolute atomic E-state index is 13.5. The van der Waals surface area contributed by atoms with Crippen molar-refractivity contribution in [2.24, 2.45) is 5.92 Å². The summed E-state index contributed by atoms with van der Waals surface area (Å²) < 4.78 is 38.3. The van der Waals surface area contributed by atoms with E-state index >= 15 is 0 Å². The van der Waals surface area contributed by atoms with Crippen molar-refractivity contribution in [2.75, 3.05) is 25.9 Å². The molecule has 0 spiro atoms. The molecule has 0 bridgehead atoms. The highest BCUT2D eigenvalue weighted by atomic mass is 32.2. The molecular formula is C17H27FN2O3S. The zero-order chi connectivity index (χ0) is 18.2. The highest BCUT2D eigenvalue weighted by Gasteiger charge is 2.17. The number of sulfonamides is 1. The van der Waals surface area contributed by atoms with E-state index in [9.17, 15) is 17.6 Å². The summed E-state index contributed by atoms with van der Waals surface area (Å²) in [6.45, 7) is 4.95. The number of amides is 1. The van der Waals surface area contributed by atoms with Gasteiger partial charge in [-0.2, -0.15) is 0 Å². The van der Waals surface area contributed by atoms with Crippen molar-refractivity contribution < 1.29 is 17.6 Å². The first-order valence-corrected chi connectivity index (χ1v) is 10.00. The van der Waals surface area contributed by atoms with Gasteiger partial charge in [0.25, 0.3) is 0 Å². The summed E-state index contributed by atoms with van der Waals surface area (Å²) in [5.41, 5.74) is 0.549. The maximum Gasteiger partial charge on any atom is 0.221 e. The molecule has 0 aromatic heterocycles. The lowest BCUT2D eigenvalue weighted by atomic mass is 10.1. The van der Waals surface area contributed by atoms with Gasteiger partial charge in [-0.15, -0.1) is 0 Å². The summed E-state index contributed by atoms with van der Waals surface area (Å²) in [7, 11) is -3.32. The zero-order valence-corrected chi connectivity index (χ0v) is 15.4. The third-order valence-corrected chi connectivity index (χ3v) is 4.99. The van der Waals surface area contributed by atoms with E-state index < -0.39 is 10.0 Å². The summed E-state index contributed by atoms with van der Waals surface area (Å²) in [5.74, 6) is -0.128. The van der Waals surface area contributed by atoms with E-state index in [0.717, 1.165) is 12.7 Å². The smallest absolute Gasteiger partial charge is 0.221 e. The van der Waals surface area contributed by atoms with Crippen LogP contribution in [0.4, 0.5) is 4.39 Å². The van der Waals surface area contributed by atoms with Crippen LogP contribution in [0.25, 0.3) is 0 Å². The first-order chi connectivity index (χ1) is 11.2. The van der Waals surface area contributed by atoms with Crippen molar-refractivity contribution in [3.63, 3.8) is 0 Å². The van der Waals surface area contributed by atoms with Crippen molar-refractivity contribution in [1.29, 1.82) is 0 Å². The molecule has 1 aromatic carbocycles. The zero-order valence-electron chi connectivity index (χ0n) is 14.6. The van der Waals surface area contributed by atoms with Gasteiger partial charge in [0.15, 0.2) is 0 Å². The number of rotatable bonds is 10. The molecule has 7 heteroatoms. The summed E-state index contributed by atoms with van der Waals surface area (Å²) in [6, 6.07) is 6.43. The normalized spacial score (nSPS) is 11.9. The van der Waals surface area contributed by atoms with Crippen molar-refractivity contribution >= 4 is 15.9 Å². The minimum absolute atomic E-state index is 0.0996. The minimum Gasteiger partial charge on any atom is -0.356 e. The molecular weight excluding hydrogens is 331 g/mol. The Morgan fingerprint density at radius 2 is 1.92 bits per heavy atom. The largest absolute Gasteiger partial charge is 0.356 e. The Hall–Kier alpha value is -1.47. The standard InChI is InChI=1S/C17H27FN2O3S/c1-14(2)9-12-20(24(3,22)23)13-10-17(21)19-11-8-15-6-4-5-7-16(15)18/h4-7,14H,8-13H2,1-3H3,(H,19,21). The fourth-order valence-electron chi connectivity index (χ4n) is 2.20. The number of hydrogen-bond donors (Lipinski definition) is 1. The summed E-state index contributed by atoms with van der Waals surface area (Å²) in [4.78, 5) is 11.9. The van der Waals surface area contributed by atoms with Crippen LogP contribution in [0, 0.1) is 11.7 Å². The number of benzene rings is 1. The molecule has 0 aliphatic heterocycles. The molecule has 136 valence electrons. The van der Waals surface area contributed by atoms with E-state index in [1.807, 2.05) is 13.8 Å². The van der Waals surface area contributed by atoms with E-state index in [2.05, 4.69) is 5.32 Å². The van der Waals surface area contributed by atoms with Crippen LogP contribution in [0.5, 0.6) is 0 Å². The topological polar surface area (TPSA) is 66.5 Å². The molecule has 0 fully saturated rings. The van der Waals surface area contributed by atoms with Gasteiger partial charge >= 0.3 is 0 Å². The van der Waals surface area contributed by atoms with Gasteiger partial charge < -0.3 is 5.32 Å². The Bertz CT molecular complexity index is 632. The number of halogens is 1. The number of nitrogens with zero attached hydrogens (tertiary/aromatic N) is 1. The summed E-state index contributed by atoms with van der Waals surface area (Å²) >= 11 is 0. The molecule has 1 rings (SSSR count). The molecule has 0 aliphatic rings. The van der Waals surface area contributed by atoms with Gasteiger partial charge in [-0.3, -0.25) is 4.79 Å². The van der Waals surface area contributed by atoms with Crippen molar-refractivity contribution in [1.82, 2.24) is 9.62 Å². The van der Waals surface area contributed by atoms with E-state index in [0.29, 0.717) is 31.0 Å². The minimum atomic E-state index is -3.32. The van der Waals surface area contributed by atoms with Gasteiger partial charge in [0.2, 0.25) is 15.9 Å². The molecule has 24 heavy (non-hydrogen) atoms. The Balaban J connectivity index is 2.39. The molecule has 1 aromatic rings. The van der Waals surface area contributed by atoms with Crippen molar-refractivity contribution in [3.05, 3.63) is 35.6 Å². The van der Waals surface area contributed by atoms with Crippen LogP contribution >= 0.6 is 0 Å². The van der Waals surface area contributed by atoms with Gasteiger partial charge in [-0.05, 0) is 30.4 Å². The molecule has 0 aliphatic carbocycles. The summed E-state index contributed by atoms with van der Waals surface area (Å²) in [6.07, 6.45) is 2.41. The molecule has 1 N–H and O–H groups in total. The fraction of sp³-hybridized carbons (Fsp3) is 0.588. The van der Waals surface area contributed by atoms with Gasteiger partial charge in [0, 0.05) is 26.1 Å². The molecule has 0 atom stereocenters. The third-order valence-electron chi connectivity index (χ3n) is 3.69. The molecule has 0 unspecified atom stereocenters. The Morgan fingerprint density at radius 1 is 1.25 bits per heavy atom. The van der Waals surface area contributed by atoms with Gasteiger partial charge in [-0.25, -0.2) is 17.1 Å². The highest BCUT2D eigenvalue weighted by molar-refractivity contribution is 7.88. The van der Waals surface area contributed by atoms with Crippen LogP contribution in [0.1, 0.15) is 32.3 Å². The molecule has 0 radical (unpaired) electrons. The lowest BCUT2D eigenvalue weighted by Gasteiger charge is -2.20. The SMILES string of the molecule is CC(C)CCN(CCC(=O)NCCc1ccccc1F)S(C)(=O)=O. The molecule has 0 saturated carbocycles. The van der Waals surface area contributed by atoms with Crippen LogP contribution in [-0.2, 0) is 21.2 Å². The Kier molecular flexibility index (Phi) is 8.35. The number of carbonyl (C=O) groups excluding carboxylic acids is 1. The molecule has 1 amide bonds. The molecule has 0 saturated heterocycles. The second-order valence-electron chi connectivity index (χ2n) is 6.29. The first kappa shape index (κ1) is 20.6. The fourth-order valence-corrected chi connectivity index (χ4v) is 3.06. The van der Waals surface area contributed by atoms with E-state index in [1.54, 1.807) is 18.2 Å². The van der Waals surface area contributed by atoms with Gasteiger partial charge in [0.05, 0.1) is 6.26 Å². The molecule has 5 nitrogen and oxygen atoms in total. The monoisotopic (exact) mass is 358 g/mol. The van der Waals surface area contributed by atoms with E-state index in [-0.39, 0.29) is 24.7 Å². The predicted molar refractivity (Wildman–Crippen MR) is 93.6 cm³/mol. The lowest BCUT2D eigenvalue weighted by Crippen LogP contribution is -2.36. The lowest BCUT2D eigenvalue weighted by molar-refractivity contribution is -0.121. The molecule has 0 heterocycles. The second kappa shape index (κ2) is 9.74. The Morgan fingerprint density at radius 3 is 2.50 bits per heavy atom. The first-order valence-electron chi connectivity index (χ1n) is 8.15. The van der Waals surface area contributed by atoms with Crippen LogP contribution in [-0.4, -0.2) is 44.5 Å². The van der Waals surface area contributed by atoms with Crippen LogP contribution in [0.3, 0.4) is 0 Å². The number of hydrogen-bond acceptors (Lipinski definition) is 3. The van der Waals surface area contributed by atoms with Crippen LogP contribution in [0.15, 0.2) is 24.3 Å². The van der Waals surface area contributed by atoms with Crippen molar-refractivity contribution in [2.45, 2.75) is 33.1 Å². The van der Waals surface area contributed by atoms with Gasteiger partial charge in [0.1, 0.15) is 5.82 Å². The maximum atomic E-state index is 13.5. The average molecular weight is 358 g/mol. The highest BCUT2D eigenvalue weighted by Crippen LogP contribution is 2.08. The number of carbonyl (C=O) groups is 1. The second-order valence-corrected chi connectivity index (χ2v) is 8.27. The quantitative estimate of drug-likeness (QED) is 0.697. The van der Waals surface area contributed by atoms with Crippen molar-refractivity contribution in [3.8, 4) is 0 Å². The van der Waals surface area contributed by atoms with E-state index in [1.165, 1.54) is 10.4 Å². The van der Waals surface area contributed by atoms with Gasteiger partial charge in [-0.1, -0.05) is 32.0 Å². The van der Waals surface area contributed by atoms with E-state index in [4.69, 9.17) is 0 Å². The van der Waals surface area contributed by atoms with Crippen LogP contribution < -0.4 is 5.32 Å². The Labute approximate surface area is 144 Å². The summed E-state index contributed by atoms with van der Waals surface area (Å²) in [5, 5.41) is 2.70. The predicted octanol–water partition coefficient (Wildman–Crippen LogP) is 2.18.